The van der Waals surface area contributed by atoms with Crippen molar-refractivity contribution in [2.24, 2.45) is 17.6 Å². The van der Waals surface area contributed by atoms with Crippen LogP contribution in [0.5, 0.6) is 5.75 Å². The number of nitrogens with one attached hydrogen (secondary N) is 1. The number of nitrogens with two attached hydrogens (primary N) is 1. The predicted molar refractivity (Wildman–Crippen MR) is 104 cm³/mol. The quantitative estimate of drug-likeness (QED) is 0.531. The zero-order chi connectivity index (χ0) is 17.9. The Kier molecular flexibility index (Phi) is 9.73. The summed E-state index contributed by atoms with van der Waals surface area (Å²) in [7, 11) is 1.97. The number of phenols is 1. The van der Waals surface area contributed by atoms with Gasteiger partial charge in [0.05, 0.1) is 0 Å². The van der Waals surface area contributed by atoms with Gasteiger partial charge in [-0.2, -0.15) is 0 Å². The van der Waals surface area contributed by atoms with E-state index in [1.807, 2.05) is 19.2 Å². The molecule has 1 aromatic carbocycles. The molecule has 3 nitrogen and oxygen atoms in total. The Balaban J connectivity index is 2.38. The molecule has 0 fully saturated rings. The molecule has 0 radical (unpaired) electrons. The summed E-state index contributed by atoms with van der Waals surface area (Å²) < 4.78 is 0. The first-order valence-corrected chi connectivity index (χ1v) is 9.33. The van der Waals surface area contributed by atoms with E-state index in [1.54, 1.807) is 12.1 Å². The molecule has 1 rings (SSSR count). The molecule has 3 heteroatoms. The van der Waals surface area contributed by atoms with E-state index in [1.165, 1.54) is 18.4 Å². The van der Waals surface area contributed by atoms with Crippen LogP contribution < -0.4 is 11.1 Å². The van der Waals surface area contributed by atoms with Crippen molar-refractivity contribution in [3.05, 3.63) is 42.0 Å². The van der Waals surface area contributed by atoms with Gasteiger partial charge >= 0.3 is 0 Å². The Morgan fingerprint density at radius 3 is 2.46 bits per heavy atom. The third kappa shape index (κ3) is 7.98. The number of hydrogen-bond donors (Lipinski definition) is 3. The van der Waals surface area contributed by atoms with Gasteiger partial charge in [0, 0.05) is 12.1 Å². The van der Waals surface area contributed by atoms with Crippen molar-refractivity contribution in [2.45, 2.75) is 65.0 Å². The highest BCUT2D eigenvalue weighted by atomic mass is 16.3. The van der Waals surface area contributed by atoms with Gasteiger partial charge in [0.1, 0.15) is 5.75 Å². The highest BCUT2D eigenvalue weighted by Crippen LogP contribution is 2.17. The van der Waals surface area contributed by atoms with Crippen LogP contribution in [0.4, 0.5) is 0 Å². The second-order valence-electron chi connectivity index (χ2n) is 7.16. The van der Waals surface area contributed by atoms with E-state index in [9.17, 15) is 5.11 Å². The molecule has 0 aliphatic heterocycles. The van der Waals surface area contributed by atoms with Gasteiger partial charge in [-0.25, -0.2) is 0 Å². The number of benzene rings is 1. The summed E-state index contributed by atoms with van der Waals surface area (Å²) in [4.78, 5) is 0. The molecule has 0 aromatic heterocycles. The first kappa shape index (κ1) is 20.7. The lowest BCUT2D eigenvalue weighted by Crippen LogP contribution is -2.44. The number of phenolic OH excluding ortho intramolecular Hbond substituents is 1. The highest BCUT2D eigenvalue weighted by Gasteiger charge is 2.15. The van der Waals surface area contributed by atoms with Crippen LogP contribution in [0.15, 0.2) is 36.4 Å². The molecule has 24 heavy (non-hydrogen) atoms. The molecule has 0 heterocycles. The number of aromatic hydroxyl groups is 1. The molecule has 0 spiro atoms. The van der Waals surface area contributed by atoms with Gasteiger partial charge in [0.2, 0.25) is 0 Å². The average Bonchev–Trinajstić information content (AvgIpc) is 2.57. The molecule has 0 unspecified atom stereocenters. The van der Waals surface area contributed by atoms with Gasteiger partial charge in [-0.3, -0.25) is 0 Å². The van der Waals surface area contributed by atoms with Crippen molar-refractivity contribution in [2.75, 3.05) is 7.05 Å². The Bertz CT molecular complexity index is 469. The topological polar surface area (TPSA) is 58.3 Å². The summed E-state index contributed by atoms with van der Waals surface area (Å²) in [5.74, 6) is 1.75. The van der Waals surface area contributed by atoms with Crippen LogP contribution in [0.25, 0.3) is 0 Å². The normalized spacial score (nSPS) is 16.9. The molecule has 0 aliphatic carbocycles. The number of hydrogen-bond acceptors (Lipinski definition) is 3. The van der Waals surface area contributed by atoms with E-state index in [0.717, 1.165) is 25.2 Å². The summed E-state index contributed by atoms with van der Waals surface area (Å²) in [6, 6.07) is 7.76. The van der Waals surface area contributed by atoms with Crippen LogP contribution >= 0.6 is 0 Å². The van der Waals surface area contributed by atoms with E-state index in [4.69, 9.17) is 5.73 Å². The van der Waals surface area contributed by atoms with E-state index in [0.29, 0.717) is 11.7 Å². The lowest BCUT2D eigenvalue weighted by Gasteiger charge is -2.23. The Labute approximate surface area is 148 Å². The smallest absolute Gasteiger partial charge is 0.115 e. The lowest BCUT2D eigenvalue weighted by molar-refractivity contribution is 0.434. The zero-order valence-electron chi connectivity index (χ0n) is 15.8. The molecule has 1 aromatic rings. The molecule has 0 amide bonds. The number of likely N-dealkylation sites (N-methyl/N-ethyl adjacent to an activating group) is 1. The van der Waals surface area contributed by atoms with E-state index in [-0.39, 0.29) is 12.1 Å². The summed E-state index contributed by atoms with van der Waals surface area (Å²) >= 11 is 0. The first-order chi connectivity index (χ1) is 11.5. The molecular formula is C21H36N2O. The average molecular weight is 333 g/mol. The minimum absolute atomic E-state index is 0.123. The maximum absolute atomic E-state index is 9.37. The van der Waals surface area contributed by atoms with Crippen LogP contribution in [-0.2, 0) is 6.42 Å². The third-order valence-electron chi connectivity index (χ3n) is 4.88. The van der Waals surface area contributed by atoms with Crippen molar-refractivity contribution in [1.29, 1.82) is 0 Å². The SMILES string of the molecule is CC[C@H](C)C[C@H](C)/C=C/CC[C@H](N)[C@H](Cc1ccc(O)cc1)NC. The monoisotopic (exact) mass is 332 g/mol. The third-order valence-corrected chi connectivity index (χ3v) is 4.88. The van der Waals surface area contributed by atoms with Crippen molar-refractivity contribution in [1.82, 2.24) is 5.32 Å². The standard InChI is InChI=1S/C21H36N2O/c1-5-16(2)14-17(3)8-6-7-9-20(22)21(23-4)15-18-10-12-19(24)13-11-18/h6,8,10-13,16-17,20-21,23-24H,5,7,9,14-15,22H2,1-4H3/b8-6+/t16-,17+,20-,21-/m0/s1. The van der Waals surface area contributed by atoms with E-state index < -0.39 is 0 Å². The van der Waals surface area contributed by atoms with Crippen LogP contribution in [0.1, 0.15) is 52.0 Å². The molecule has 4 N–H and O–H groups in total. The van der Waals surface area contributed by atoms with Crippen molar-refractivity contribution in [3.63, 3.8) is 0 Å². The van der Waals surface area contributed by atoms with Crippen LogP contribution in [0.3, 0.4) is 0 Å². The van der Waals surface area contributed by atoms with Crippen molar-refractivity contribution >= 4 is 0 Å². The van der Waals surface area contributed by atoms with Gasteiger partial charge in [-0.1, -0.05) is 51.5 Å². The molecule has 0 saturated heterocycles. The Morgan fingerprint density at radius 2 is 1.88 bits per heavy atom. The van der Waals surface area contributed by atoms with Gasteiger partial charge in [0.25, 0.3) is 0 Å². The summed E-state index contributed by atoms with van der Waals surface area (Å²) in [5.41, 5.74) is 7.57. The minimum Gasteiger partial charge on any atom is -0.508 e. The molecule has 0 aliphatic rings. The van der Waals surface area contributed by atoms with Crippen LogP contribution in [-0.4, -0.2) is 24.2 Å². The predicted octanol–water partition coefficient (Wildman–Crippen LogP) is 4.26. The van der Waals surface area contributed by atoms with E-state index in [2.05, 4.69) is 38.2 Å². The van der Waals surface area contributed by atoms with Crippen LogP contribution in [0.2, 0.25) is 0 Å². The van der Waals surface area contributed by atoms with Gasteiger partial charge < -0.3 is 16.2 Å². The van der Waals surface area contributed by atoms with Gasteiger partial charge in [-0.05, 0) is 62.3 Å². The first-order valence-electron chi connectivity index (χ1n) is 9.33. The van der Waals surface area contributed by atoms with Crippen molar-refractivity contribution < 1.29 is 5.11 Å². The largest absolute Gasteiger partial charge is 0.508 e. The van der Waals surface area contributed by atoms with Gasteiger partial charge in [-0.15, -0.1) is 0 Å². The second-order valence-corrected chi connectivity index (χ2v) is 7.16. The maximum Gasteiger partial charge on any atom is 0.115 e. The van der Waals surface area contributed by atoms with Crippen LogP contribution in [0, 0.1) is 11.8 Å². The molecule has 4 atom stereocenters. The van der Waals surface area contributed by atoms with Gasteiger partial charge in [0.15, 0.2) is 0 Å². The molecule has 0 saturated carbocycles. The lowest BCUT2D eigenvalue weighted by atomic mass is 9.94. The number of rotatable bonds is 11. The fourth-order valence-electron chi connectivity index (χ4n) is 3.05. The Hall–Kier alpha value is -1.32. The van der Waals surface area contributed by atoms with Crippen molar-refractivity contribution in [3.8, 4) is 5.75 Å². The Morgan fingerprint density at radius 1 is 1.21 bits per heavy atom. The molecule has 0 bridgehead atoms. The minimum atomic E-state index is 0.123. The zero-order valence-corrected chi connectivity index (χ0v) is 15.8. The summed E-state index contributed by atoms with van der Waals surface area (Å²) in [6.07, 6.45) is 10.0. The molecule has 136 valence electrons. The summed E-state index contributed by atoms with van der Waals surface area (Å²) in [6.45, 7) is 6.87. The fraction of sp³-hybridized carbons (Fsp3) is 0.619. The highest BCUT2D eigenvalue weighted by molar-refractivity contribution is 5.26. The van der Waals surface area contributed by atoms with E-state index >= 15 is 0 Å². The summed E-state index contributed by atoms with van der Waals surface area (Å²) in [5, 5.41) is 12.7. The fourth-order valence-corrected chi connectivity index (χ4v) is 3.05. The maximum atomic E-state index is 9.37. The molecular weight excluding hydrogens is 296 g/mol. The number of allylic oxidation sites excluding steroid dienone is 2. The second kappa shape index (κ2) is 11.3.